The van der Waals surface area contributed by atoms with Crippen molar-refractivity contribution < 1.29 is 9.84 Å². The van der Waals surface area contributed by atoms with Gasteiger partial charge in [0.15, 0.2) is 0 Å². The fourth-order valence-corrected chi connectivity index (χ4v) is 1.26. The summed E-state index contributed by atoms with van der Waals surface area (Å²) < 4.78 is 7.32. The second-order valence-electron chi connectivity index (χ2n) is 3.23. The number of ether oxygens (including phenoxy) is 1. The highest BCUT2D eigenvalue weighted by Crippen LogP contribution is 2.19. The lowest BCUT2D eigenvalue weighted by molar-refractivity contribution is 0.281. The number of benzene rings is 1. The molecule has 4 heteroatoms. The van der Waals surface area contributed by atoms with E-state index in [4.69, 9.17) is 9.84 Å². The maximum Gasteiger partial charge on any atom is 0.301 e. The van der Waals surface area contributed by atoms with Crippen molar-refractivity contribution in [2.75, 3.05) is 0 Å². The first-order chi connectivity index (χ1) is 7.29. The van der Waals surface area contributed by atoms with Crippen molar-refractivity contribution >= 4 is 0 Å². The van der Waals surface area contributed by atoms with E-state index in [1.54, 1.807) is 16.8 Å². The Balaban J connectivity index is 2.21. The first kappa shape index (κ1) is 9.73. The minimum Gasteiger partial charge on any atom is -0.426 e. The van der Waals surface area contributed by atoms with Crippen molar-refractivity contribution in [1.29, 1.82) is 0 Å². The SMILES string of the molecule is Cn1ccnc1Oc1cccc(CO)c1. The summed E-state index contributed by atoms with van der Waals surface area (Å²) in [5, 5.41) is 8.97. The Morgan fingerprint density at radius 2 is 2.33 bits per heavy atom. The van der Waals surface area contributed by atoms with Crippen molar-refractivity contribution in [2.45, 2.75) is 6.61 Å². The van der Waals surface area contributed by atoms with Crippen LogP contribution in [-0.2, 0) is 13.7 Å². The summed E-state index contributed by atoms with van der Waals surface area (Å²) in [7, 11) is 1.86. The first-order valence-electron chi connectivity index (χ1n) is 4.64. The first-order valence-corrected chi connectivity index (χ1v) is 4.64. The predicted octanol–water partition coefficient (Wildman–Crippen LogP) is 1.70. The molecule has 1 aromatic carbocycles. The molecule has 0 aliphatic heterocycles. The van der Waals surface area contributed by atoms with Crippen LogP contribution >= 0.6 is 0 Å². The second kappa shape index (κ2) is 4.14. The van der Waals surface area contributed by atoms with Gasteiger partial charge in [0.1, 0.15) is 5.75 Å². The Hall–Kier alpha value is -1.81. The summed E-state index contributed by atoms with van der Waals surface area (Å²) in [6.45, 7) is 0.0117. The number of nitrogens with zero attached hydrogens (tertiary/aromatic N) is 2. The number of aromatic nitrogens is 2. The van der Waals surface area contributed by atoms with Crippen molar-refractivity contribution in [3.05, 3.63) is 42.2 Å². The molecule has 0 atom stereocenters. The van der Waals surface area contributed by atoms with Crippen LogP contribution in [0.4, 0.5) is 0 Å². The van der Waals surface area contributed by atoms with Crippen molar-refractivity contribution in [3.8, 4) is 11.8 Å². The lowest BCUT2D eigenvalue weighted by atomic mass is 10.2. The van der Waals surface area contributed by atoms with E-state index in [-0.39, 0.29) is 6.61 Å². The highest BCUT2D eigenvalue weighted by Gasteiger charge is 2.02. The molecule has 2 rings (SSSR count). The molecule has 0 unspecified atom stereocenters. The van der Waals surface area contributed by atoms with E-state index in [0.717, 1.165) is 5.56 Å². The van der Waals surface area contributed by atoms with Gasteiger partial charge in [-0.25, -0.2) is 4.98 Å². The van der Waals surface area contributed by atoms with E-state index >= 15 is 0 Å². The van der Waals surface area contributed by atoms with E-state index in [1.165, 1.54) is 0 Å². The third kappa shape index (κ3) is 2.16. The number of hydrogen-bond acceptors (Lipinski definition) is 3. The van der Waals surface area contributed by atoms with Gasteiger partial charge in [-0.3, -0.25) is 0 Å². The fourth-order valence-electron chi connectivity index (χ4n) is 1.26. The minimum absolute atomic E-state index is 0.0117. The monoisotopic (exact) mass is 204 g/mol. The maximum atomic E-state index is 8.97. The molecule has 0 saturated carbocycles. The van der Waals surface area contributed by atoms with E-state index in [2.05, 4.69) is 4.98 Å². The Morgan fingerprint density at radius 3 is 3.00 bits per heavy atom. The fraction of sp³-hybridized carbons (Fsp3) is 0.182. The minimum atomic E-state index is 0.0117. The molecule has 1 heterocycles. The van der Waals surface area contributed by atoms with Gasteiger partial charge in [-0.15, -0.1) is 0 Å². The zero-order chi connectivity index (χ0) is 10.7. The molecular weight excluding hydrogens is 192 g/mol. The quantitative estimate of drug-likeness (QED) is 0.827. The average molecular weight is 204 g/mol. The number of hydrogen-bond donors (Lipinski definition) is 1. The number of aryl methyl sites for hydroxylation is 1. The molecule has 2 aromatic rings. The van der Waals surface area contributed by atoms with Crippen LogP contribution in [0.15, 0.2) is 36.7 Å². The summed E-state index contributed by atoms with van der Waals surface area (Å²) in [6, 6.07) is 7.82. The number of aliphatic hydroxyl groups is 1. The van der Waals surface area contributed by atoms with Crippen molar-refractivity contribution in [3.63, 3.8) is 0 Å². The molecule has 0 amide bonds. The molecule has 0 spiro atoms. The molecule has 0 saturated heterocycles. The zero-order valence-electron chi connectivity index (χ0n) is 8.42. The normalized spacial score (nSPS) is 10.3. The van der Waals surface area contributed by atoms with Crippen LogP contribution in [0.2, 0.25) is 0 Å². The summed E-state index contributed by atoms with van der Waals surface area (Å²) in [5.41, 5.74) is 0.821. The van der Waals surface area contributed by atoms with Gasteiger partial charge in [0.2, 0.25) is 0 Å². The van der Waals surface area contributed by atoms with Gasteiger partial charge in [-0.05, 0) is 17.7 Å². The summed E-state index contributed by atoms with van der Waals surface area (Å²) in [5.74, 6) is 0.677. The van der Waals surface area contributed by atoms with Gasteiger partial charge in [-0.2, -0.15) is 0 Å². The average Bonchev–Trinajstić information content (AvgIpc) is 2.65. The van der Waals surface area contributed by atoms with Crippen molar-refractivity contribution in [2.24, 2.45) is 7.05 Å². The molecule has 0 radical (unpaired) electrons. The summed E-state index contributed by atoms with van der Waals surface area (Å²) >= 11 is 0. The molecule has 1 N–H and O–H groups in total. The van der Waals surface area contributed by atoms with Gasteiger partial charge in [-0.1, -0.05) is 12.1 Å². The second-order valence-corrected chi connectivity index (χ2v) is 3.23. The molecule has 15 heavy (non-hydrogen) atoms. The molecular formula is C11H12N2O2. The van der Waals surface area contributed by atoms with Gasteiger partial charge in [0.25, 0.3) is 0 Å². The van der Waals surface area contributed by atoms with Crippen LogP contribution < -0.4 is 4.74 Å². The molecule has 0 aliphatic rings. The highest BCUT2D eigenvalue weighted by molar-refractivity contribution is 5.30. The molecule has 0 aliphatic carbocycles. The molecule has 78 valence electrons. The van der Waals surface area contributed by atoms with Crippen LogP contribution in [0.1, 0.15) is 5.56 Å². The zero-order valence-corrected chi connectivity index (χ0v) is 8.42. The van der Waals surface area contributed by atoms with Gasteiger partial charge in [0.05, 0.1) is 6.61 Å². The van der Waals surface area contributed by atoms with Crippen LogP contribution in [0.25, 0.3) is 0 Å². The largest absolute Gasteiger partial charge is 0.426 e. The highest BCUT2D eigenvalue weighted by atomic mass is 16.5. The molecule has 4 nitrogen and oxygen atoms in total. The third-order valence-corrected chi connectivity index (χ3v) is 2.07. The number of aliphatic hydroxyl groups excluding tert-OH is 1. The Kier molecular flexibility index (Phi) is 2.69. The number of imidazole rings is 1. The van der Waals surface area contributed by atoms with E-state index in [1.807, 2.05) is 31.4 Å². The molecule has 1 aromatic heterocycles. The standard InChI is InChI=1S/C11H12N2O2/c1-13-6-5-12-11(13)15-10-4-2-3-9(7-10)8-14/h2-7,14H,8H2,1H3. The van der Waals surface area contributed by atoms with E-state index in [0.29, 0.717) is 11.8 Å². The Labute approximate surface area is 87.8 Å². The van der Waals surface area contributed by atoms with Crippen LogP contribution in [-0.4, -0.2) is 14.7 Å². The summed E-state index contributed by atoms with van der Waals surface area (Å²) in [6.07, 6.45) is 3.48. The summed E-state index contributed by atoms with van der Waals surface area (Å²) in [4.78, 5) is 4.04. The topological polar surface area (TPSA) is 47.3 Å². The molecule has 0 fully saturated rings. The van der Waals surface area contributed by atoms with Crippen LogP contribution in [0.3, 0.4) is 0 Å². The lowest BCUT2D eigenvalue weighted by Crippen LogP contribution is -1.94. The maximum absolute atomic E-state index is 8.97. The lowest BCUT2D eigenvalue weighted by Gasteiger charge is -2.05. The van der Waals surface area contributed by atoms with Crippen LogP contribution in [0.5, 0.6) is 11.8 Å². The Morgan fingerprint density at radius 1 is 1.47 bits per heavy atom. The number of rotatable bonds is 3. The Bertz CT molecular complexity index is 451. The van der Waals surface area contributed by atoms with E-state index in [9.17, 15) is 0 Å². The predicted molar refractivity (Wildman–Crippen MR) is 55.6 cm³/mol. The van der Waals surface area contributed by atoms with Gasteiger partial charge < -0.3 is 14.4 Å². The van der Waals surface area contributed by atoms with Gasteiger partial charge in [0, 0.05) is 19.4 Å². The molecule has 0 bridgehead atoms. The third-order valence-electron chi connectivity index (χ3n) is 2.07. The van der Waals surface area contributed by atoms with Crippen LogP contribution in [0, 0.1) is 0 Å². The van der Waals surface area contributed by atoms with E-state index < -0.39 is 0 Å². The van der Waals surface area contributed by atoms with Gasteiger partial charge >= 0.3 is 6.01 Å². The van der Waals surface area contributed by atoms with Crippen molar-refractivity contribution in [1.82, 2.24) is 9.55 Å². The smallest absolute Gasteiger partial charge is 0.301 e.